The van der Waals surface area contributed by atoms with E-state index in [4.69, 9.17) is 14.2 Å². The second-order valence-corrected chi connectivity index (χ2v) is 7.46. The van der Waals surface area contributed by atoms with Gasteiger partial charge in [0.05, 0.1) is 11.5 Å². The molecule has 0 spiro atoms. The summed E-state index contributed by atoms with van der Waals surface area (Å²) >= 11 is 0. The second kappa shape index (κ2) is 9.75. The summed E-state index contributed by atoms with van der Waals surface area (Å²) in [5.41, 5.74) is -0.584. The van der Waals surface area contributed by atoms with Crippen molar-refractivity contribution in [2.75, 3.05) is 13.2 Å². The lowest BCUT2D eigenvalue weighted by molar-refractivity contribution is -0.385. The molecule has 0 aliphatic carbocycles. The molecule has 12 nitrogen and oxygen atoms in total. The number of hydrogen-bond acceptors (Lipinski definition) is 9. The van der Waals surface area contributed by atoms with Gasteiger partial charge in [-0.15, -0.1) is 0 Å². The number of nitro benzene ring substituents is 1. The van der Waals surface area contributed by atoms with Crippen LogP contribution in [0.2, 0.25) is 0 Å². The molecule has 1 saturated heterocycles. The Balaban J connectivity index is 1.62. The molecular weight excluding hydrogens is 426 g/mol. The molecule has 2 N–H and O–H groups in total. The quantitative estimate of drug-likeness (QED) is 0.361. The topological polar surface area (TPSA) is 163 Å². The van der Waals surface area contributed by atoms with Gasteiger partial charge in [0.1, 0.15) is 25.0 Å². The van der Waals surface area contributed by atoms with Crippen LogP contribution in [0, 0.1) is 17.0 Å². The summed E-state index contributed by atoms with van der Waals surface area (Å²) in [6, 6.07) is 6.15. The zero-order valence-corrected chi connectivity index (χ0v) is 17.4. The van der Waals surface area contributed by atoms with E-state index < -0.39 is 53.3 Å². The fourth-order valence-electron chi connectivity index (χ4n) is 3.47. The average molecular weight is 449 g/mol. The molecule has 3 rings (SSSR count). The summed E-state index contributed by atoms with van der Waals surface area (Å²) in [6.45, 7) is 2.56. The van der Waals surface area contributed by atoms with Gasteiger partial charge in [0, 0.05) is 35.7 Å². The van der Waals surface area contributed by atoms with Crippen LogP contribution in [0.3, 0.4) is 0 Å². The SMILES string of the molecule is Cc1cn([C@H]2C[C@H](OC(=O)OCC(C)c3ccccc3[N+](=O)[O-])[C@@H](CO)O2)c(=O)[nH]c1=O. The lowest BCUT2D eigenvalue weighted by Gasteiger charge is -2.17. The van der Waals surface area contributed by atoms with Crippen LogP contribution in [0.25, 0.3) is 0 Å². The van der Waals surface area contributed by atoms with Gasteiger partial charge in [0.25, 0.3) is 11.2 Å². The highest BCUT2D eigenvalue weighted by molar-refractivity contribution is 5.60. The van der Waals surface area contributed by atoms with Crippen molar-refractivity contribution in [3.63, 3.8) is 0 Å². The number of aliphatic hydroxyl groups is 1. The first-order chi connectivity index (χ1) is 15.2. The number of H-pyrrole nitrogens is 1. The molecule has 0 saturated carbocycles. The van der Waals surface area contributed by atoms with E-state index in [1.165, 1.54) is 19.2 Å². The summed E-state index contributed by atoms with van der Waals surface area (Å²) in [7, 11) is 0. The van der Waals surface area contributed by atoms with E-state index in [0.29, 0.717) is 11.1 Å². The fraction of sp³-hybridized carbons (Fsp3) is 0.450. The molecule has 2 heterocycles. The van der Waals surface area contributed by atoms with E-state index >= 15 is 0 Å². The molecule has 0 radical (unpaired) electrons. The van der Waals surface area contributed by atoms with E-state index in [0.717, 1.165) is 4.57 Å². The number of aromatic nitrogens is 2. The van der Waals surface area contributed by atoms with Crippen LogP contribution >= 0.6 is 0 Å². The molecule has 0 amide bonds. The number of aryl methyl sites for hydroxylation is 1. The summed E-state index contributed by atoms with van der Waals surface area (Å²) < 4.78 is 17.1. The number of aromatic amines is 1. The molecule has 0 bridgehead atoms. The predicted molar refractivity (Wildman–Crippen MR) is 109 cm³/mol. The average Bonchev–Trinajstić information content (AvgIpc) is 3.16. The number of para-hydroxylation sites is 1. The Morgan fingerprint density at radius 3 is 2.81 bits per heavy atom. The molecule has 1 unspecified atom stereocenters. The van der Waals surface area contributed by atoms with Crippen molar-refractivity contribution in [1.82, 2.24) is 9.55 Å². The molecule has 172 valence electrons. The van der Waals surface area contributed by atoms with Crippen molar-refractivity contribution < 1.29 is 29.0 Å². The molecule has 1 aliphatic rings. The van der Waals surface area contributed by atoms with Crippen LogP contribution in [0.5, 0.6) is 0 Å². The molecule has 12 heteroatoms. The molecular formula is C20H23N3O9. The number of benzene rings is 1. The maximum atomic E-state index is 12.2. The standard InChI is InChI=1S/C20H23N3O9/c1-11-8-22(19(26)21-18(11)25)17-7-15(16(9-24)31-17)32-20(27)30-10-12(2)13-5-3-4-6-14(13)23(28)29/h3-6,8,12,15-17,24H,7,9-10H2,1-2H3,(H,21,25,26)/t12?,15-,16+,17+/m0/s1. The lowest BCUT2D eigenvalue weighted by Crippen LogP contribution is -2.33. The molecule has 4 atom stereocenters. The maximum Gasteiger partial charge on any atom is 0.508 e. The Morgan fingerprint density at radius 1 is 1.41 bits per heavy atom. The molecule has 32 heavy (non-hydrogen) atoms. The molecule has 2 aromatic rings. The van der Waals surface area contributed by atoms with Crippen LogP contribution in [-0.2, 0) is 14.2 Å². The van der Waals surface area contributed by atoms with Crippen LogP contribution in [0.15, 0.2) is 40.1 Å². The summed E-state index contributed by atoms with van der Waals surface area (Å²) in [5, 5.41) is 20.7. The van der Waals surface area contributed by atoms with E-state index in [2.05, 4.69) is 4.98 Å². The highest BCUT2D eigenvalue weighted by atomic mass is 16.7. The number of ether oxygens (including phenoxy) is 3. The van der Waals surface area contributed by atoms with Crippen molar-refractivity contribution in [2.24, 2.45) is 0 Å². The van der Waals surface area contributed by atoms with Gasteiger partial charge in [0.15, 0.2) is 0 Å². The van der Waals surface area contributed by atoms with Gasteiger partial charge in [-0.25, -0.2) is 9.59 Å². The normalized spacial score (nSPS) is 21.2. The third-order valence-corrected chi connectivity index (χ3v) is 5.18. The van der Waals surface area contributed by atoms with Gasteiger partial charge < -0.3 is 19.3 Å². The first-order valence-corrected chi connectivity index (χ1v) is 9.86. The highest BCUT2D eigenvalue weighted by Gasteiger charge is 2.39. The molecule has 1 aromatic heterocycles. The van der Waals surface area contributed by atoms with E-state index in [1.807, 2.05) is 0 Å². The maximum absolute atomic E-state index is 12.2. The minimum Gasteiger partial charge on any atom is -0.434 e. The van der Waals surface area contributed by atoms with Gasteiger partial charge in [-0.1, -0.05) is 25.1 Å². The van der Waals surface area contributed by atoms with Gasteiger partial charge in [-0.2, -0.15) is 0 Å². The largest absolute Gasteiger partial charge is 0.508 e. The van der Waals surface area contributed by atoms with Crippen LogP contribution in [0.4, 0.5) is 10.5 Å². The third-order valence-electron chi connectivity index (χ3n) is 5.18. The Morgan fingerprint density at radius 2 is 2.12 bits per heavy atom. The van der Waals surface area contributed by atoms with Crippen molar-refractivity contribution in [3.8, 4) is 0 Å². The van der Waals surface area contributed by atoms with E-state index in [9.17, 15) is 29.6 Å². The molecule has 1 aromatic carbocycles. The first kappa shape index (κ1) is 23.2. The van der Waals surface area contributed by atoms with Crippen molar-refractivity contribution in [1.29, 1.82) is 0 Å². The van der Waals surface area contributed by atoms with E-state index in [-0.39, 0.29) is 18.7 Å². The minimum atomic E-state index is -1.03. The number of nitro groups is 1. The van der Waals surface area contributed by atoms with Gasteiger partial charge >= 0.3 is 11.8 Å². The summed E-state index contributed by atoms with van der Waals surface area (Å²) in [4.78, 5) is 48.6. The number of hydrogen-bond donors (Lipinski definition) is 2. The molecule has 1 aliphatic heterocycles. The van der Waals surface area contributed by atoms with E-state index in [1.54, 1.807) is 25.1 Å². The monoisotopic (exact) mass is 449 g/mol. The number of nitrogens with one attached hydrogen (secondary N) is 1. The number of rotatable bonds is 7. The Hall–Kier alpha value is -3.51. The fourth-order valence-corrected chi connectivity index (χ4v) is 3.47. The van der Waals surface area contributed by atoms with Crippen LogP contribution < -0.4 is 11.2 Å². The first-order valence-electron chi connectivity index (χ1n) is 9.86. The third kappa shape index (κ3) is 5.03. The summed E-state index contributed by atoms with van der Waals surface area (Å²) in [6.07, 6.45) is -2.33. The van der Waals surface area contributed by atoms with Crippen LogP contribution in [-0.4, -0.2) is 51.2 Å². The molecule has 1 fully saturated rings. The van der Waals surface area contributed by atoms with Crippen molar-refractivity contribution in [2.45, 2.75) is 44.6 Å². The van der Waals surface area contributed by atoms with Gasteiger partial charge in [0.2, 0.25) is 0 Å². The van der Waals surface area contributed by atoms with Crippen molar-refractivity contribution in [3.05, 3.63) is 72.5 Å². The zero-order chi connectivity index (χ0) is 23.4. The van der Waals surface area contributed by atoms with Gasteiger partial charge in [-0.3, -0.25) is 24.5 Å². The number of carbonyl (C=O) groups is 1. The highest BCUT2D eigenvalue weighted by Crippen LogP contribution is 2.30. The summed E-state index contributed by atoms with van der Waals surface area (Å²) in [5.74, 6) is -0.465. The Kier molecular flexibility index (Phi) is 7.05. The lowest BCUT2D eigenvalue weighted by atomic mass is 10.0. The number of carbonyl (C=O) groups excluding carboxylic acids is 1. The van der Waals surface area contributed by atoms with Gasteiger partial charge in [-0.05, 0) is 6.92 Å². The Labute approximate surface area is 181 Å². The van der Waals surface area contributed by atoms with Crippen molar-refractivity contribution >= 4 is 11.8 Å². The van der Waals surface area contributed by atoms with Crippen LogP contribution in [0.1, 0.15) is 36.6 Å². The minimum absolute atomic E-state index is 0.0471. The smallest absolute Gasteiger partial charge is 0.434 e. The predicted octanol–water partition coefficient (Wildman–Crippen LogP) is 1.36. The Bertz CT molecular complexity index is 1110. The number of nitrogens with zero attached hydrogens (tertiary/aromatic N) is 2. The number of aliphatic hydroxyl groups excluding tert-OH is 1. The zero-order valence-electron chi connectivity index (χ0n) is 17.4. The second-order valence-electron chi connectivity index (χ2n) is 7.46.